The highest BCUT2D eigenvalue weighted by molar-refractivity contribution is 5.78. The Balaban J connectivity index is 2.73. The molecule has 0 heterocycles. The summed E-state index contributed by atoms with van der Waals surface area (Å²) in [5.74, 6) is -0.127. The van der Waals surface area contributed by atoms with E-state index in [1.807, 2.05) is 6.92 Å². The first-order chi connectivity index (χ1) is 7.13. The van der Waals surface area contributed by atoms with E-state index in [9.17, 15) is 14.9 Å². The summed E-state index contributed by atoms with van der Waals surface area (Å²) in [6, 6.07) is 6.09. The largest absolute Gasteiger partial charge is 0.356 e. The molecule has 1 rings (SSSR count). The summed E-state index contributed by atoms with van der Waals surface area (Å²) < 4.78 is 0. The van der Waals surface area contributed by atoms with E-state index in [-0.39, 0.29) is 18.0 Å². The van der Waals surface area contributed by atoms with E-state index >= 15 is 0 Å². The van der Waals surface area contributed by atoms with E-state index in [0.29, 0.717) is 12.1 Å². The van der Waals surface area contributed by atoms with Gasteiger partial charge in [0.2, 0.25) is 5.91 Å². The van der Waals surface area contributed by atoms with Gasteiger partial charge in [-0.2, -0.15) is 0 Å². The summed E-state index contributed by atoms with van der Waals surface area (Å²) >= 11 is 0. The first-order valence-electron chi connectivity index (χ1n) is 4.63. The SMILES string of the molecule is CCNC(=O)Cc1cccc([N+](=O)[O-])c1. The van der Waals surface area contributed by atoms with Gasteiger partial charge in [-0.3, -0.25) is 14.9 Å². The van der Waals surface area contributed by atoms with Crippen LogP contribution < -0.4 is 5.32 Å². The molecule has 0 aliphatic carbocycles. The van der Waals surface area contributed by atoms with Crippen LogP contribution in [0.3, 0.4) is 0 Å². The summed E-state index contributed by atoms with van der Waals surface area (Å²) in [6.45, 7) is 2.39. The quantitative estimate of drug-likeness (QED) is 0.598. The van der Waals surface area contributed by atoms with Gasteiger partial charge in [-0.25, -0.2) is 0 Å². The van der Waals surface area contributed by atoms with E-state index in [0.717, 1.165) is 0 Å². The van der Waals surface area contributed by atoms with Crippen LogP contribution in [0.1, 0.15) is 12.5 Å². The smallest absolute Gasteiger partial charge is 0.269 e. The number of hydrogen-bond acceptors (Lipinski definition) is 3. The van der Waals surface area contributed by atoms with Crippen molar-refractivity contribution < 1.29 is 9.72 Å². The molecule has 0 saturated heterocycles. The number of likely N-dealkylation sites (N-methyl/N-ethyl adjacent to an activating group) is 1. The molecule has 1 N–H and O–H groups in total. The van der Waals surface area contributed by atoms with Gasteiger partial charge in [0.15, 0.2) is 0 Å². The van der Waals surface area contributed by atoms with Crippen LogP contribution in [-0.2, 0) is 11.2 Å². The van der Waals surface area contributed by atoms with Crippen molar-refractivity contribution >= 4 is 11.6 Å². The summed E-state index contributed by atoms with van der Waals surface area (Å²) in [5, 5.41) is 13.1. The Morgan fingerprint density at radius 2 is 2.27 bits per heavy atom. The third kappa shape index (κ3) is 3.38. The maximum atomic E-state index is 11.2. The summed E-state index contributed by atoms with van der Waals surface area (Å²) in [6.07, 6.45) is 0.176. The van der Waals surface area contributed by atoms with Crippen molar-refractivity contribution in [3.05, 3.63) is 39.9 Å². The molecule has 80 valence electrons. The topological polar surface area (TPSA) is 72.2 Å². The van der Waals surface area contributed by atoms with Crippen LogP contribution >= 0.6 is 0 Å². The highest BCUT2D eigenvalue weighted by Crippen LogP contribution is 2.13. The fourth-order valence-corrected chi connectivity index (χ4v) is 1.23. The Bertz CT molecular complexity index is 377. The van der Waals surface area contributed by atoms with Gasteiger partial charge < -0.3 is 5.32 Å². The maximum absolute atomic E-state index is 11.2. The summed E-state index contributed by atoms with van der Waals surface area (Å²) in [5.41, 5.74) is 0.659. The van der Waals surface area contributed by atoms with Crippen LogP contribution in [0.2, 0.25) is 0 Å². The lowest BCUT2D eigenvalue weighted by Crippen LogP contribution is -2.24. The molecule has 5 heteroatoms. The fraction of sp³-hybridized carbons (Fsp3) is 0.300. The van der Waals surface area contributed by atoms with Gasteiger partial charge in [-0.1, -0.05) is 12.1 Å². The van der Waals surface area contributed by atoms with Crippen molar-refractivity contribution in [1.29, 1.82) is 0 Å². The van der Waals surface area contributed by atoms with Gasteiger partial charge in [0.1, 0.15) is 0 Å². The monoisotopic (exact) mass is 208 g/mol. The molecule has 0 atom stereocenters. The molecule has 0 aliphatic heterocycles. The highest BCUT2D eigenvalue weighted by atomic mass is 16.6. The number of amides is 1. The Kier molecular flexibility index (Phi) is 3.79. The summed E-state index contributed by atoms with van der Waals surface area (Å²) in [4.78, 5) is 21.2. The highest BCUT2D eigenvalue weighted by Gasteiger charge is 2.07. The molecule has 0 aromatic heterocycles. The van der Waals surface area contributed by atoms with Crippen molar-refractivity contribution in [2.45, 2.75) is 13.3 Å². The number of carbonyl (C=O) groups is 1. The number of nitro groups is 1. The predicted octanol–water partition coefficient (Wildman–Crippen LogP) is 1.27. The molecule has 15 heavy (non-hydrogen) atoms. The second kappa shape index (κ2) is 5.09. The van der Waals surface area contributed by atoms with Crippen LogP contribution in [0, 0.1) is 10.1 Å². The zero-order valence-electron chi connectivity index (χ0n) is 8.40. The molecule has 0 spiro atoms. The Hall–Kier alpha value is -1.91. The Labute approximate surface area is 87.3 Å². The van der Waals surface area contributed by atoms with Crippen molar-refractivity contribution in [3.63, 3.8) is 0 Å². The molecule has 0 bridgehead atoms. The second-order valence-electron chi connectivity index (χ2n) is 3.06. The number of nitrogens with zero attached hydrogens (tertiary/aromatic N) is 1. The van der Waals surface area contributed by atoms with Crippen molar-refractivity contribution in [2.75, 3.05) is 6.54 Å². The van der Waals surface area contributed by atoms with E-state index < -0.39 is 4.92 Å². The van der Waals surface area contributed by atoms with E-state index in [2.05, 4.69) is 5.32 Å². The lowest BCUT2D eigenvalue weighted by atomic mass is 10.1. The minimum atomic E-state index is -0.471. The predicted molar refractivity (Wildman–Crippen MR) is 55.5 cm³/mol. The summed E-state index contributed by atoms with van der Waals surface area (Å²) in [7, 11) is 0. The first-order valence-corrected chi connectivity index (χ1v) is 4.63. The van der Waals surface area contributed by atoms with Gasteiger partial charge in [0.25, 0.3) is 5.69 Å². The Morgan fingerprint density at radius 1 is 1.53 bits per heavy atom. The van der Waals surface area contributed by atoms with Crippen LogP contribution in [0.15, 0.2) is 24.3 Å². The van der Waals surface area contributed by atoms with Crippen LogP contribution in [0.5, 0.6) is 0 Å². The lowest BCUT2D eigenvalue weighted by molar-refractivity contribution is -0.384. The molecule has 5 nitrogen and oxygen atoms in total. The molecule has 0 fully saturated rings. The molecule has 1 aromatic carbocycles. The molecular weight excluding hydrogens is 196 g/mol. The minimum absolute atomic E-state index is 0.0109. The first kappa shape index (κ1) is 11.2. The number of nitrogens with one attached hydrogen (secondary N) is 1. The zero-order valence-corrected chi connectivity index (χ0v) is 8.40. The van der Waals surface area contributed by atoms with Gasteiger partial charge in [-0.15, -0.1) is 0 Å². The molecule has 0 saturated carbocycles. The third-order valence-electron chi connectivity index (χ3n) is 1.86. The number of rotatable bonds is 4. The average Bonchev–Trinajstić information content (AvgIpc) is 2.18. The average molecular weight is 208 g/mol. The molecule has 1 aromatic rings. The van der Waals surface area contributed by atoms with Gasteiger partial charge >= 0.3 is 0 Å². The molecule has 0 unspecified atom stereocenters. The lowest BCUT2D eigenvalue weighted by Gasteiger charge is -2.01. The van der Waals surface area contributed by atoms with Crippen LogP contribution in [0.25, 0.3) is 0 Å². The Morgan fingerprint density at radius 3 is 2.87 bits per heavy atom. The fourth-order valence-electron chi connectivity index (χ4n) is 1.23. The van der Waals surface area contributed by atoms with E-state index in [4.69, 9.17) is 0 Å². The minimum Gasteiger partial charge on any atom is -0.356 e. The standard InChI is InChI=1S/C10H12N2O3/c1-2-11-10(13)7-8-4-3-5-9(6-8)12(14)15/h3-6H,2,7H2,1H3,(H,11,13). The van der Waals surface area contributed by atoms with Crippen LogP contribution in [0.4, 0.5) is 5.69 Å². The van der Waals surface area contributed by atoms with Crippen molar-refractivity contribution in [2.24, 2.45) is 0 Å². The maximum Gasteiger partial charge on any atom is 0.269 e. The molecular formula is C10H12N2O3. The van der Waals surface area contributed by atoms with Gasteiger partial charge in [0, 0.05) is 18.7 Å². The number of non-ortho nitro benzene ring substituents is 1. The number of hydrogen-bond donors (Lipinski definition) is 1. The van der Waals surface area contributed by atoms with Gasteiger partial charge in [0.05, 0.1) is 11.3 Å². The normalized spacial score (nSPS) is 9.67. The number of carbonyl (C=O) groups excluding carboxylic acids is 1. The van der Waals surface area contributed by atoms with E-state index in [1.54, 1.807) is 12.1 Å². The molecule has 1 amide bonds. The van der Waals surface area contributed by atoms with Crippen LogP contribution in [-0.4, -0.2) is 17.4 Å². The molecule has 0 radical (unpaired) electrons. The van der Waals surface area contributed by atoms with Crippen molar-refractivity contribution in [1.82, 2.24) is 5.32 Å². The molecule has 0 aliphatic rings. The second-order valence-corrected chi connectivity index (χ2v) is 3.06. The van der Waals surface area contributed by atoms with Crippen molar-refractivity contribution in [3.8, 4) is 0 Å². The van der Waals surface area contributed by atoms with Gasteiger partial charge in [-0.05, 0) is 12.5 Å². The number of nitro benzene ring substituents is 1. The number of benzene rings is 1. The zero-order chi connectivity index (χ0) is 11.3. The third-order valence-corrected chi connectivity index (χ3v) is 1.86. The van der Waals surface area contributed by atoms with E-state index in [1.165, 1.54) is 12.1 Å².